The van der Waals surface area contributed by atoms with E-state index in [-0.39, 0.29) is 15.7 Å². The fourth-order valence-corrected chi connectivity index (χ4v) is 4.18. The van der Waals surface area contributed by atoms with Crippen LogP contribution in [0.25, 0.3) is 0 Å². The number of primary sulfonamides is 1. The molecule has 0 saturated carbocycles. The van der Waals surface area contributed by atoms with Crippen molar-refractivity contribution in [3.8, 4) is 6.07 Å². The average Bonchev–Trinajstić information content (AvgIpc) is 3.07. The van der Waals surface area contributed by atoms with Crippen LogP contribution in [-0.2, 0) is 21.4 Å². The van der Waals surface area contributed by atoms with E-state index < -0.39 is 15.9 Å². The first-order valence-corrected chi connectivity index (χ1v) is 11.9. The zero-order valence-electron chi connectivity index (χ0n) is 17.6. The summed E-state index contributed by atoms with van der Waals surface area (Å²) in [7, 11) is -3.89. The quantitative estimate of drug-likeness (QED) is 0.412. The predicted octanol–water partition coefficient (Wildman–Crippen LogP) is 2.21. The van der Waals surface area contributed by atoms with Crippen molar-refractivity contribution < 1.29 is 13.2 Å². The number of nitriles is 1. The zero-order valence-corrected chi connectivity index (χ0v) is 19.3. The molecule has 0 spiro atoms. The zero-order chi connectivity index (χ0) is 24.5. The highest BCUT2D eigenvalue weighted by molar-refractivity contribution is 7.89. The summed E-state index contributed by atoms with van der Waals surface area (Å²) in [6.07, 6.45) is 0. The van der Waals surface area contributed by atoms with Gasteiger partial charge in [0, 0.05) is 5.56 Å². The van der Waals surface area contributed by atoms with Crippen LogP contribution in [0.2, 0.25) is 0 Å². The van der Waals surface area contributed by atoms with Crippen molar-refractivity contribution in [1.29, 1.82) is 5.26 Å². The van der Waals surface area contributed by atoms with Gasteiger partial charge in [0.1, 0.15) is 0 Å². The minimum absolute atomic E-state index is 0.0476. The summed E-state index contributed by atoms with van der Waals surface area (Å²) >= 11 is 5.14. The fourth-order valence-electron chi connectivity index (χ4n) is 3.51. The summed E-state index contributed by atoms with van der Waals surface area (Å²) in [4.78, 5) is 14.9. The van der Waals surface area contributed by atoms with Crippen LogP contribution in [-0.4, -0.2) is 25.1 Å². The number of hydrogen-bond donors (Lipinski definition) is 2. The highest BCUT2D eigenvalue weighted by Gasteiger charge is 2.35. The number of fused-ring (bicyclic) bond motifs is 1. The van der Waals surface area contributed by atoms with E-state index in [1.807, 2.05) is 30.3 Å². The molecule has 11 heteroatoms. The van der Waals surface area contributed by atoms with E-state index in [1.54, 1.807) is 23.1 Å². The van der Waals surface area contributed by atoms with E-state index in [9.17, 15) is 18.5 Å². The van der Waals surface area contributed by atoms with E-state index >= 15 is 0 Å². The lowest BCUT2D eigenvalue weighted by Gasteiger charge is -2.19. The molecule has 0 unspecified atom stereocenters. The molecule has 170 valence electrons. The van der Waals surface area contributed by atoms with E-state index in [0.29, 0.717) is 29.0 Å². The number of amides is 1. The van der Waals surface area contributed by atoms with Crippen molar-refractivity contribution in [1.82, 2.24) is 0 Å². The third kappa shape index (κ3) is 4.51. The lowest BCUT2D eigenvalue weighted by molar-refractivity contribution is -0.112. The molecule has 1 heterocycles. The fraction of sp³-hybridized carbons (Fsp3) is 0.0435. The predicted molar refractivity (Wildman–Crippen MR) is 132 cm³/mol. The molecular weight excluding hydrogens is 472 g/mol. The minimum Gasteiger partial charge on any atom is -0.374 e. The number of carbonyl (C=O) groups excluding carboxylic acids is 1. The van der Waals surface area contributed by atoms with Crippen LogP contribution in [0.15, 0.2) is 82.8 Å². The van der Waals surface area contributed by atoms with Gasteiger partial charge in [-0.05, 0) is 60.2 Å². The summed E-state index contributed by atoms with van der Waals surface area (Å²) in [6, 6.07) is 21.9. The van der Waals surface area contributed by atoms with Gasteiger partial charge in [-0.1, -0.05) is 30.3 Å². The number of hydrogen-bond acceptors (Lipinski definition) is 6. The second-order valence-corrected chi connectivity index (χ2v) is 9.34. The number of carbonyl (C=O) groups is 1. The van der Waals surface area contributed by atoms with Crippen molar-refractivity contribution in [2.24, 2.45) is 16.0 Å². The van der Waals surface area contributed by atoms with Crippen LogP contribution >= 0.6 is 12.2 Å². The summed E-state index contributed by atoms with van der Waals surface area (Å²) in [5, 5.41) is 19.9. The first-order chi connectivity index (χ1) is 16.2. The smallest absolute Gasteiger partial charge is 0.279 e. The van der Waals surface area contributed by atoms with E-state index in [2.05, 4.69) is 11.2 Å². The van der Waals surface area contributed by atoms with Crippen molar-refractivity contribution >= 4 is 50.3 Å². The highest BCUT2D eigenvalue weighted by atomic mass is 32.2. The Balaban J connectivity index is 1.80. The Bertz CT molecular complexity index is 1460. The van der Waals surface area contributed by atoms with Gasteiger partial charge in [0.2, 0.25) is 10.0 Å². The Morgan fingerprint density at radius 3 is 2.35 bits per heavy atom. The Hall–Kier alpha value is -4.11. The number of anilines is 2. The van der Waals surface area contributed by atoms with E-state index in [1.165, 1.54) is 24.3 Å². The number of sulfonamides is 1. The van der Waals surface area contributed by atoms with Gasteiger partial charge in [-0.3, -0.25) is 4.79 Å². The van der Waals surface area contributed by atoms with Crippen molar-refractivity contribution in [2.75, 3.05) is 9.91 Å². The van der Waals surface area contributed by atoms with Crippen LogP contribution in [0.1, 0.15) is 16.7 Å². The molecule has 0 radical (unpaired) electrons. The monoisotopic (exact) mass is 490 g/mol. The third-order valence-corrected chi connectivity index (χ3v) is 6.22. The molecular formula is C23H18N6O3S2. The van der Waals surface area contributed by atoms with Gasteiger partial charge in [0.05, 0.1) is 34.4 Å². The second-order valence-electron chi connectivity index (χ2n) is 7.36. The number of nitrogens with two attached hydrogens (primary N) is 2. The Morgan fingerprint density at radius 2 is 1.76 bits per heavy atom. The summed E-state index contributed by atoms with van der Waals surface area (Å²) < 4.78 is 23.1. The normalized spacial score (nSPS) is 14.1. The van der Waals surface area contributed by atoms with Gasteiger partial charge in [-0.25, -0.2) is 18.6 Å². The molecule has 3 aromatic rings. The van der Waals surface area contributed by atoms with Gasteiger partial charge in [0.25, 0.3) is 5.91 Å². The number of nitrogens with zero attached hydrogens (tertiary/aromatic N) is 4. The Kier molecular flexibility index (Phi) is 6.12. The topological polar surface area (TPSA) is 146 Å². The average molecular weight is 491 g/mol. The van der Waals surface area contributed by atoms with E-state index in [0.717, 1.165) is 10.6 Å². The summed E-state index contributed by atoms with van der Waals surface area (Å²) in [5.41, 5.74) is 8.59. The molecule has 0 atom stereocenters. The standard InChI is InChI=1S/C23H18N6O3S2/c24-13-16-6-11-20-19(12-16)21(22(30)28(20)14-15-4-2-1-3-5-15)27-29(23(25)33)17-7-9-18(10-8-17)34(26,31)32/h1-12H,14H2,(H2,25,33)(H2,26,31,32)/b27-21-. The molecule has 34 heavy (non-hydrogen) atoms. The van der Waals surface area contributed by atoms with Crippen molar-refractivity contribution in [3.05, 3.63) is 89.5 Å². The maximum absolute atomic E-state index is 13.4. The molecule has 4 rings (SSSR count). The lowest BCUT2D eigenvalue weighted by Crippen LogP contribution is -2.35. The third-order valence-electron chi connectivity index (χ3n) is 5.12. The molecule has 1 amide bonds. The number of benzene rings is 3. The molecule has 0 bridgehead atoms. The van der Waals surface area contributed by atoms with Crippen LogP contribution in [0.4, 0.5) is 11.4 Å². The lowest BCUT2D eigenvalue weighted by atomic mass is 10.1. The number of hydrazone groups is 1. The summed E-state index contributed by atoms with van der Waals surface area (Å²) in [5.74, 6) is -0.392. The van der Waals surface area contributed by atoms with Crippen LogP contribution in [0.3, 0.4) is 0 Å². The maximum Gasteiger partial charge on any atom is 0.279 e. The highest BCUT2D eigenvalue weighted by Crippen LogP contribution is 2.32. The summed E-state index contributed by atoms with van der Waals surface area (Å²) in [6.45, 7) is 0.299. The van der Waals surface area contributed by atoms with Crippen molar-refractivity contribution in [3.63, 3.8) is 0 Å². The number of thiocarbonyl (C=S) groups is 1. The minimum atomic E-state index is -3.89. The van der Waals surface area contributed by atoms with Gasteiger partial charge in [-0.2, -0.15) is 10.4 Å². The van der Waals surface area contributed by atoms with Crippen LogP contribution in [0.5, 0.6) is 0 Å². The van der Waals surface area contributed by atoms with Gasteiger partial charge < -0.3 is 10.6 Å². The Morgan fingerprint density at radius 1 is 1.09 bits per heavy atom. The van der Waals surface area contributed by atoms with Gasteiger partial charge in [-0.15, -0.1) is 0 Å². The molecule has 4 N–H and O–H groups in total. The first-order valence-electron chi connectivity index (χ1n) is 9.90. The number of rotatable bonds is 5. The van der Waals surface area contributed by atoms with Gasteiger partial charge >= 0.3 is 0 Å². The molecule has 3 aromatic carbocycles. The molecule has 0 fully saturated rings. The van der Waals surface area contributed by atoms with Crippen LogP contribution in [0, 0.1) is 11.3 Å². The first kappa shape index (κ1) is 23.1. The van der Waals surface area contributed by atoms with Crippen LogP contribution < -0.4 is 20.8 Å². The molecule has 1 aliphatic heterocycles. The second kappa shape index (κ2) is 9.03. The molecule has 9 nitrogen and oxygen atoms in total. The van der Waals surface area contributed by atoms with Crippen molar-refractivity contribution in [2.45, 2.75) is 11.4 Å². The van der Waals surface area contributed by atoms with E-state index in [4.69, 9.17) is 23.1 Å². The van der Waals surface area contributed by atoms with Gasteiger partial charge in [0.15, 0.2) is 10.8 Å². The Labute approximate surface area is 201 Å². The molecule has 0 aromatic heterocycles. The molecule has 0 aliphatic carbocycles. The SMILES string of the molecule is N#Cc1ccc2c(c1)/C(=N/N(C(N)=S)c1ccc(S(N)(=O)=O)cc1)C(=O)N2Cc1ccccc1. The molecule has 1 aliphatic rings. The maximum atomic E-state index is 13.4. The molecule has 0 saturated heterocycles. The largest absolute Gasteiger partial charge is 0.374 e.